The number of halogens is 5. The zero-order valence-corrected chi connectivity index (χ0v) is 24.2. The Morgan fingerprint density at radius 1 is 1.14 bits per heavy atom. The first-order valence-corrected chi connectivity index (χ1v) is 13.5. The van der Waals surface area contributed by atoms with E-state index in [-0.39, 0.29) is 17.5 Å². The van der Waals surface area contributed by atoms with Crippen LogP contribution in [0.15, 0.2) is 65.8 Å². The number of imidazole rings is 1. The van der Waals surface area contributed by atoms with Gasteiger partial charge in [0.2, 0.25) is 0 Å². The van der Waals surface area contributed by atoms with Gasteiger partial charge in [-0.1, -0.05) is 17.7 Å². The molecular formula is C29H28ClF4N5O5. The summed E-state index contributed by atoms with van der Waals surface area (Å²) in [7, 11) is 3.32. The quantitative estimate of drug-likeness (QED) is 0.265. The highest BCUT2D eigenvalue weighted by atomic mass is 35.5. The number of phenolic OH excluding ortho intramolecular Hbond substituents is 1. The lowest BCUT2D eigenvalue weighted by Gasteiger charge is -2.34. The number of methoxy groups -OCH3 is 1. The van der Waals surface area contributed by atoms with Crippen LogP contribution < -0.4 is 15.9 Å². The number of pyridine rings is 1. The van der Waals surface area contributed by atoms with Crippen LogP contribution in [0.2, 0.25) is 5.02 Å². The molecule has 15 heteroatoms. The van der Waals surface area contributed by atoms with Crippen LogP contribution in [0.1, 0.15) is 0 Å². The Morgan fingerprint density at radius 2 is 1.80 bits per heavy atom. The van der Waals surface area contributed by atoms with E-state index in [1.165, 1.54) is 21.3 Å². The fourth-order valence-corrected chi connectivity index (χ4v) is 4.93. The monoisotopic (exact) mass is 637 g/mol. The number of nitrogens with one attached hydrogen (secondary N) is 1. The number of piperazine rings is 1. The Labute approximate surface area is 253 Å². The first kappa shape index (κ1) is 32.5. The summed E-state index contributed by atoms with van der Waals surface area (Å²) in [6.45, 7) is 2.87. The maximum absolute atomic E-state index is 14.8. The molecule has 0 amide bonds. The summed E-state index contributed by atoms with van der Waals surface area (Å²) < 4.78 is 54.7. The van der Waals surface area contributed by atoms with E-state index in [1.54, 1.807) is 57.0 Å². The Balaban J connectivity index is 0.000000566. The van der Waals surface area contributed by atoms with Crippen LogP contribution in [0.4, 0.5) is 23.4 Å². The molecule has 0 spiro atoms. The van der Waals surface area contributed by atoms with Crippen molar-refractivity contribution in [1.29, 1.82) is 0 Å². The molecule has 0 unspecified atom stereocenters. The van der Waals surface area contributed by atoms with E-state index in [0.717, 1.165) is 25.5 Å². The van der Waals surface area contributed by atoms with Gasteiger partial charge in [0.1, 0.15) is 17.4 Å². The van der Waals surface area contributed by atoms with Gasteiger partial charge in [-0.25, -0.2) is 19.0 Å². The summed E-state index contributed by atoms with van der Waals surface area (Å²) in [6.07, 6.45) is -0.165. The number of phenols is 1. The van der Waals surface area contributed by atoms with Crippen molar-refractivity contribution in [3.8, 4) is 33.7 Å². The predicted octanol–water partition coefficient (Wildman–Crippen LogP) is 4.46. The maximum atomic E-state index is 14.8. The minimum Gasteiger partial charge on any atom is -0.507 e. The molecule has 3 heterocycles. The second-order valence-electron chi connectivity index (χ2n) is 9.84. The zero-order valence-electron chi connectivity index (χ0n) is 23.5. The van der Waals surface area contributed by atoms with E-state index in [4.69, 9.17) is 26.2 Å². The fraction of sp³-hybridized carbons (Fsp3) is 0.276. The number of aliphatic carboxylic acids is 1. The number of aromatic hydroxyl groups is 1. The topological polar surface area (TPSA) is 122 Å². The number of rotatable bonds is 6. The molecule has 0 aliphatic carbocycles. The minimum absolute atomic E-state index is 0.0724. The van der Waals surface area contributed by atoms with E-state index in [0.29, 0.717) is 39.6 Å². The summed E-state index contributed by atoms with van der Waals surface area (Å²) in [6, 6.07) is 11.3. The van der Waals surface area contributed by atoms with Gasteiger partial charge in [-0.3, -0.25) is 4.57 Å². The number of aromatic nitrogens is 3. The Bertz CT molecular complexity index is 1710. The number of alkyl halides is 3. The average molecular weight is 638 g/mol. The van der Waals surface area contributed by atoms with Crippen molar-refractivity contribution in [2.24, 2.45) is 7.05 Å². The number of hydrogen-bond donors (Lipinski definition) is 3. The molecule has 0 saturated carbocycles. The van der Waals surface area contributed by atoms with E-state index >= 15 is 0 Å². The van der Waals surface area contributed by atoms with Crippen molar-refractivity contribution in [1.82, 2.24) is 19.4 Å². The number of carboxylic acid groups (broad SMARTS) is 1. The normalized spacial score (nSPS) is 15.1. The number of aryl methyl sites for hydroxylation is 1. The van der Waals surface area contributed by atoms with E-state index < -0.39 is 18.0 Å². The third-order valence-electron chi connectivity index (χ3n) is 6.79. The smallest absolute Gasteiger partial charge is 0.490 e. The van der Waals surface area contributed by atoms with E-state index in [9.17, 15) is 27.5 Å². The number of carboxylic acids is 1. The number of nitrogens with zero attached hydrogens (tertiary/aromatic N) is 4. The highest BCUT2D eigenvalue weighted by molar-refractivity contribution is 6.32. The number of anilines is 1. The second kappa shape index (κ2) is 13.5. The first-order valence-electron chi connectivity index (χ1n) is 13.1. The van der Waals surface area contributed by atoms with Crippen molar-refractivity contribution < 1.29 is 37.3 Å². The number of ether oxygens (including phenoxy) is 1. The van der Waals surface area contributed by atoms with E-state index in [1.807, 2.05) is 6.07 Å². The second-order valence-corrected chi connectivity index (χ2v) is 10.2. The minimum atomic E-state index is -5.08. The molecule has 1 aliphatic rings. The van der Waals surface area contributed by atoms with Crippen molar-refractivity contribution in [3.63, 3.8) is 0 Å². The lowest BCUT2D eigenvalue weighted by atomic mass is 9.97. The van der Waals surface area contributed by atoms with Gasteiger partial charge >= 0.3 is 17.8 Å². The van der Waals surface area contributed by atoms with Gasteiger partial charge in [0.25, 0.3) is 0 Å². The highest BCUT2D eigenvalue weighted by Crippen LogP contribution is 2.41. The Morgan fingerprint density at radius 3 is 2.36 bits per heavy atom. The highest BCUT2D eigenvalue weighted by Gasteiger charge is 2.38. The lowest BCUT2D eigenvalue weighted by molar-refractivity contribution is -0.192. The molecule has 1 fully saturated rings. The summed E-state index contributed by atoms with van der Waals surface area (Å²) >= 11 is 6.51. The summed E-state index contributed by atoms with van der Waals surface area (Å²) in [4.78, 5) is 27.9. The standard InChI is InChI=1S/C27H27ClFN5O3.C2HF3O2/c1-32-9-10-34(27(32)36)24-4-3-17(11-23(24)28)21-13-19(29)14-22(26(21)35)18-5-6-31-25(12-18)33-8-7-30-20(15-33)16-37-2;3-2(4,5)1(6)7/h3-6,9-14,20,30,35H,7-8,15-16H2,1-2H3;(H,6,7)/t20-;/m0./s1. The Hall–Kier alpha value is -4.40. The van der Waals surface area contributed by atoms with Crippen LogP contribution in [0, 0.1) is 5.82 Å². The number of benzene rings is 2. The third-order valence-corrected chi connectivity index (χ3v) is 7.09. The number of hydrogen-bond acceptors (Lipinski definition) is 7. The maximum Gasteiger partial charge on any atom is 0.490 e. The van der Waals surface area contributed by atoms with Crippen molar-refractivity contribution >= 4 is 23.4 Å². The molecule has 0 bridgehead atoms. The molecule has 10 nitrogen and oxygen atoms in total. The van der Waals surface area contributed by atoms with Gasteiger partial charge < -0.3 is 29.7 Å². The van der Waals surface area contributed by atoms with Gasteiger partial charge in [0, 0.05) is 69.6 Å². The fourth-order valence-electron chi connectivity index (χ4n) is 4.66. The Kier molecular flexibility index (Phi) is 9.97. The van der Waals surface area contributed by atoms with Gasteiger partial charge in [0.15, 0.2) is 0 Å². The van der Waals surface area contributed by atoms with Crippen LogP contribution in [0.25, 0.3) is 27.9 Å². The van der Waals surface area contributed by atoms with Crippen molar-refractivity contribution in [2.45, 2.75) is 12.2 Å². The van der Waals surface area contributed by atoms with E-state index in [2.05, 4.69) is 15.2 Å². The molecule has 0 radical (unpaired) electrons. The molecular weight excluding hydrogens is 610 g/mol. The van der Waals surface area contributed by atoms with Crippen LogP contribution in [-0.2, 0) is 16.6 Å². The molecule has 1 saturated heterocycles. The van der Waals surface area contributed by atoms with Gasteiger partial charge in [-0.15, -0.1) is 0 Å². The molecule has 2 aromatic heterocycles. The molecule has 234 valence electrons. The average Bonchev–Trinajstić information content (AvgIpc) is 3.31. The summed E-state index contributed by atoms with van der Waals surface area (Å²) in [5, 5.41) is 22.1. The third kappa shape index (κ3) is 7.38. The van der Waals surface area contributed by atoms with Crippen LogP contribution in [-0.4, -0.2) is 75.9 Å². The van der Waals surface area contributed by atoms with Crippen LogP contribution in [0.5, 0.6) is 5.75 Å². The molecule has 4 aromatic rings. The molecule has 1 aliphatic heterocycles. The SMILES string of the molecule is COC[C@@H]1CN(c2cc(-c3cc(F)cc(-c4ccc(-n5ccn(C)c5=O)c(Cl)c4)c3O)ccn2)CCN1.O=C(O)C(F)(F)F. The van der Waals surface area contributed by atoms with Crippen molar-refractivity contribution in [3.05, 3.63) is 82.4 Å². The van der Waals surface area contributed by atoms with Gasteiger partial charge in [-0.05, 0) is 47.5 Å². The predicted molar refractivity (Wildman–Crippen MR) is 156 cm³/mol. The molecule has 2 aromatic carbocycles. The molecule has 1 atom stereocenters. The van der Waals surface area contributed by atoms with Crippen molar-refractivity contribution in [2.75, 3.05) is 38.3 Å². The lowest BCUT2D eigenvalue weighted by Crippen LogP contribution is -2.52. The summed E-state index contributed by atoms with van der Waals surface area (Å²) in [5.41, 5.74) is 2.07. The van der Waals surface area contributed by atoms with Crippen LogP contribution in [0.3, 0.4) is 0 Å². The first-order chi connectivity index (χ1) is 20.8. The zero-order chi connectivity index (χ0) is 32.2. The number of carbonyl (C=O) groups is 1. The van der Waals surface area contributed by atoms with Gasteiger partial charge in [-0.2, -0.15) is 13.2 Å². The largest absolute Gasteiger partial charge is 0.507 e. The molecule has 5 rings (SSSR count). The van der Waals surface area contributed by atoms with Crippen LogP contribution >= 0.6 is 11.6 Å². The van der Waals surface area contributed by atoms with Gasteiger partial charge in [0.05, 0.1) is 17.3 Å². The molecule has 44 heavy (non-hydrogen) atoms. The molecule has 3 N–H and O–H groups in total. The summed E-state index contributed by atoms with van der Waals surface area (Å²) in [5.74, 6) is -2.58.